The normalized spacial score (nSPS) is 10.7. The minimum absolute atomic E-state index is 0.156. The van der Waals surface area contributed by atoms with Crippen LogP contribution in [0.15, 0.2) is 46.6 Å². The minimum atomic E-state index is -0.350. The molecule has 0 bridgehead atoms. The average molecular weight is 367 g/mol. The predicted octanol–water partition coefficient (Wildman–Crippen LogP) is 3.34. The minimum Gasteiger partial charge on any atom is -0.351 e. The summed E-state index contributed by atoms with van der Waals surface area (Å²) in [5.41, 5.74) is 3.62. The summed E-state index contributed by atoms with van der Waals surface area (Å²) < 4.78 is 0. The zero-order valence-corrected chi connectivity index (χ0v) is 15.7. The van der Waals surface area contributed by atoms with Crippen LogP contribution in [0.4, 0.5) is 0 Å². The Morgan fingerprint density at radius 2 is 2.04 bits per heavy atom. The van der Waals surface area contributed by atoms with Gasteiger partial charge in [0.15, 0.2) is 0 Å². The van der Waals surface area contributed by atoms with Crippen molar-refractivity contribution < 1.29 is 4.79 Å². The first-order valence-electron chi connectivity index (χ1n) is 8.59. The molecular weight excluding hydrogens is 346 g/mol. The number of nitrogens with one attached hydrogen (secondary N) is 2. The molecule has 0 unspecified atom stereocenters. The third-order valence-corrected chi connectivity index (χ3v) is 5.10. The van der Waals surface area contributed by atoms with Gasteiger partial charge in [0.2, 0.25) is 0 Å². The molecule has 0 saturated heterocycles. The molecule has 0 fully saturated rings. The molecule has 0 aliphatic heterocycles. The van der Waals surface area contributed by atoms with Crippen LogP contribution < -0.4 is 10.9 Å². The van der Waals surface area contributed by atoms with Crippen molar-refractivity contribution in [2.45, 2.75) is 26.7 Å². The molecule has 3 rings (SSSR count). The molecule has 0 atom stereocenters. The van der Waals surface area contributed by atoms with Gasteiger partial charge in [0.1, 0.15) is 5.56 Å². The van der Waals surface area contributed by atoms with Crippen LogP contribution in [-0.4, -0.2) is 22.4 Å². The highest BCUT2D eigenvalue weighted by molar-refractivity contribution is 7.09. The van der Waals surface area contributed by atoms with Crippen LogP contribution >= 0.6 is 11.3 Å². The van der Waals surface area contributed by atoms with Crippen LogP contribution in [0.3, 0.4) is 0 Å². The van der Waals surface area contributed by atoms with E-state index in [2.05, 4.69) is 15.3 Å². The molecule has 26 heavy (non-hydrogen) atoms. The SMILES string of the molecule is CCc1[nH]c(=O)c(C(=O)NCCc2nc(-c3ccccc3)cs2)cc1C. The van der Waals surface area contributed by atoms with E-state index in [1.807, 2.05) is 49.6 Å². The molecule has 2 heterocycles. The van der Waals surface area contributed by atoms with Crippen LogP contribution in [0.25, 0.3) is 11.3 Å². The van der Waals surface area contributed by atoms with E-state index in [0.717, 1.165) is 33.9 Å². The first-order valence-corrected chi connectivity index (χ1v) is 9.47. The van der Waals surface area contributed by atoms with Crippen LogP contribution in [0, 0.1) is 6.92 Å². The summed E-state index contributed by atoms with van der Waals surface area (Å²) >= 11 is 1.57. The number of hydrogen-bond donors (Lipinski definition) is 2. The van der Waals surface area contributed by atoms with Crippen molar-refractivity contribution in [1.82, 2.24) is 15.3 Å². The Balaban J connectivity index is 1.60. The molecule has 2 aromatic heterocycles. The number of aromatic amines is 1. The largest absolute Gasteiger partial charge is 0.351 e. The zero-order chi connectivity index (χ0) is 18.5. The molecule has 2 N–H and O–H groups in total. The van der Waals surface area contributed by atoms with E-state index < -0.39 is 0 Å². The number of H-pyrrole nitrogens is 1. The summed E-state index contributed by atoms with van der Waals surface area (Å²) in [6.07, 6.45) is 1.37. The summed E-state index contributed by atoms with van der Waals surface area (Å²) in [6.45, 7) is 4.30. The number of pyridine rings is 1. The molecule has 134 valence electrons. The van der Waals surface area contributed by atoms with Gasteiger partial charge < -0.3 is 10.3 Å². The van der Waals surface area contributed by atoms with E-state index in [4.69, 9.17) is 0 Å². The van der Waals surface area contributed by atoms with Gasteiger partial charge in [-0.25, -0.2) is 4.98 Å². The molecule has 0 aliphatic rings. The van der Waals surface area contributed by atoms with Crippen molar-refractivity contribution in [3.63, 3.8) is 0 Å². The number of aryl methyl sites for hydroxylation is 2. The number of carbonyl (C=O) groups is 1. The topological polar surface area (TPSA) is 74.8 Å². The van der Waals surface area contributed by atoms with Crippen molar-refractivity contribution in [1.29, 1.82) is 0 Å². The average Bonchev–Trinajstić information content (AvgIpc) is 3.12. The lowest BCUT2D eigenvalue weighted by molar-refractivity contribution is 0.0952. The fourth-order valence-electron chi connectivity index (χ4n) is 2.75. The van der Waals surface area contributed by atoms with Gasteiger partial charge in [0.05, 0.1) is 10.7 Å². The third kappa shape index (κ3) is 4.08. The Hall–Kier alpha value is -2.73. The van der Waals surface area contributed by atoms with Gasteiger partial charge in [-0.05, 0) is 25.0 Å². The Morgan fingerprint density at radius 3 is 2.77 bits per heavy atom. The van der Waals surface area contributed by atoms with Crippen LogP contribution in [-0.2, 0) is 12.8 Å². The van der Waals surface area contributed by atoms with E-state index >= 15 is 0 Å². The summed E-state index contributed by atoms with van der Waals surface area (Å²) in [5.74, 6) is -0.350. The molecule has 0 spiro atoms. The maximum atomic E-state index is 12.3. The van der Waals surface area contributed by atoms with Crippen molar-refractivity contribution in [2.75, 3.05) is 6.54 Å². The lowest BCUT2D eigenvalue weighted by Crippen LogP contribution is -2.31. The quantitative estimate of drug-likeness (QED) is 0.702. The highest BCUT2D eigenvalue weighted by Crippen LogP contribution is 2.21. The number of nitrogens with zero attached hydrogens (tertiary/aromatic N) is 1. The zero-order valence-electron chi connectivity index (χ0n) is 14.8. The van der Waals surface area contributed by atoms with E-state index in [-0.39, 0.29) is 17.0 Å². The second-order valence-corrected chi connectivity index (χ2v) is 6.97. The van der Waals surface area contributed by atoms with Gasteiger partial charge in [-0.3, -0.25) is 9.59 Å². The maximum absolute atomic E-state index is 12.3. The number of hydrogen-bond acceptors (Lipinski definition) is 4. The lowest BCUT2D eigenvalue weighted by atomic mass is 10.1. The Bertz CT molecular complexity index is 961. The van der Waals surface area contributed by atoms with Gasteiger partial charge in [-0.1, -0.05) is 37.3 Å². The number of carbonyl (C=O) groups excluding carboxylic acids is 1. The number of thiazole rings is 1. The van der Waals surface area contributed by atoms with Gasteiger partial charge in [-0.2, -0.15) is 0 Å². The summed E-state index contributed by atoms with van der Waals surface area (Å²) in [5, 5.41) is 5.78. The Morgan fingerprint density at radius 1 is 1.27 bits per heavy atom. The predicted molar refractivity (Wildman–Crippen MR) is 105 cm³/mol. The maximum Gasteiger partial charge on any atom is 0.261 e. The van der Waals surface area contributed by atoms with Crippen molar-refractivity contribution >= 4 is 17.2 Å². The highest BCUT2D eigenvalue weighted by atomic mass is 32.1. The standard InChI is InChI=1S/C20H21N3O2S/c1-3-16-13(2)11-15(20(25)23-16)19(24)21-10-9-18-22-17(12-26-18)14-7-5-4-6-8-14/h4-8,11-12H,3,9-10H2,1-2H3,(H,21,24)(H,23,25). The first-order chi connectivity index (χ1) is 12.6. The summed E-state index contributed by atoms with van der Waals surface area (Å²) in [4.78, 5) is 31.7. The molecule has 1 aromatic carbocycles. The lowest BCUT2D eigenvalue weighted by Gasteiger charge is -2.07. The van der Waals surface area contributed by atoms with Crippen molar-refractivity contribution in [3.05, 3.63) is 74.0 Å². The molecule has 5 nitrogen and oxygen atoms in total. The number of amides is 1. The molecule has 6 heteroatoms. The van der Waals surface area contributed by atoms with Crippen molar-refractivity contribution in [3.8, 4) is 11.3 Å². The first kappa shape index (κ1) is 18.1. The van der Waals surface area contributed by atoms with E-state index in [1.54, 1.807) is 17.4 Å². The third-order valence-electron chi connectivity index (χ3n) is 4.19. The Kier molecular flexibility index (Phi) is 5.63. The smallest absolute Gasteiger partial charge is 0.261 e. The molecule has 0 saturated carbocycles. The molecule has 0 radical (unpaired) electrons. The van der Waals surface area contributed by atoms with Gasteiger partial charge in [0.25, 0.3) is 11.5 Å². The number of benzene rings is 1. The Labute approximate surface area is 156 Å². The number of rotatable bonds is 6. The van der Waals surface area contributed by atoms with E-state index in [1.165, 1.54) is 0 Å². The van der Waals surface area contributed by atoms with Gasteiger partial charge in [0, 0.05) is 29.6 Å². The molecule has 1 amide bonds. The summed E-state index contributed by atoms with van der Waals surface area (Å²) in [6, 6.07) is 11.6. The molecule has 3 aromatic rings. The van der Waals surface area contributed by atoms with Gasteiger partial charge in [-0.15, -0.1) is 11.3 Å². The van der Waals surface area contributed by atoms with Crippen LogP contribution in [0.5, 0.6) is 0 Å². The second-order valence-electron chi connectivity index (χ2n) is 6.03. The van der Waals surface area contributed by atoms with Crippen LogP contribution in [0.1, 0.15) is 33.5 Å². The van der Waals surface area contributed by atoms with E-state index in [0.29, 0.717) is 13.0 Å². The summed E-state index contributed by atoms with van der Waals surface area (Å²) in [7, 11) is 0. The monoisotopic (exact) mass is 367 g/mol. The molecular formula is C20H21N3O2S. The molecule has 0 aliphatic carbocycles. The van der Waals surface area contributed by atoms with Crippen molar-refractivity contribution in [2.24, 2.45) is 0 Å². The van der Waals surface area contributed by atoms with E-state index in [9.17, 15) is 9.59 Å². The van der Waals surface area contributed by atoms with Gasteiger partial charge >= 0.3 is 0 Å². The van der Waals surface area contributed by atoms with Crippen LogP contribution in [0.2, 0.25) is 0 Å². The fraction of sp³-hybridized carbons (Fsp3) is 0.250. The highest BCUT2D eigenvalue weighted by Gasteiger charge is 2.13. The second kappa shape index (κ2) is 8.10. The number of aromatic nitrogens is 2. The fourth-order valence-corrected chi connectivity index (χ4v) is 3.56.